The Bertz CT molecular complexity index is 684. The van der Waals surface area contributed by atoms with Crippen LogP contribution in [-0.4, -0.2) is 43.5 Å². The first-order valence-electron chi connectivity index (χ1n) is 9.87. The molecule has 1 amide bonds. The highest BCUT2D eigenvalue weighted by Crippen LogP contribution is 2.23. The van der Waals surface area contributed by atoms with Gasteiger partial charge in [0.05, 0.1) is 11.7 Å². The number of carbonyl (C=O) groups excluding carboxylic acids is 1. The van der Waals surface area contributed by atoms with Crippen molar-refractivity contribution in [3.8, 4) is 0 Å². The third kappa shape index (κ3) is 5.30. The fraction of sp³-hybridized carbons (Fsp3) is 0.650. The number of nitrogens with zero attached hydrogens (tertiary/aromatic N) is 1. The largest absolute Gasteiger partial charge is 0.353 e. The molecular formula is C20H30N2O3S. The SMILES string of the molecule is O=C(NC1CCCC1)[C@H]1CCCN(S(=O)(=O)CCCc2ccccc2)C1. The normalized spacial score (nSPS) is 22.4. The minimum atomic E-state index is -3.29. The number of benzene rings is 1. The lowest BCUT2D eigenvalue weighted by Gasteiger charge is -2.31. The molecule has 1 aliphatic heterocycles. The minimum Gasteiger partial charge on any atom is -0.353 e. The van der Waals surface area contributed by atoms with Gasteiger partial charge in [-0.2, -0.15) is 0 Å². The van der Waals surface area contributed by atoms with Gasteiger partial charge in [0.15, 0.2) is 0 Å². The van der Waals surface area contributed by atoms with Gasteiger partial charge in [-0.15, -0.1) is 0 Å². The first-order chi connectivity index (χ1) is 12.5. The molecule has 0 unspecified atom stereocenters. The Morgan fingerprint density at radius 1 is 1.08 bits per heavy atom. The van der Waals surface area contributed by atoms with Crippen molar-refractivity contribution in [1.29, 1.82) is 0 Å². The van der Waals surface area contributed by atoms with Crippen LogP contribution < -0.4 is 5.32 Å². The van der Waals surface area contributed by atoms with E-state index < -0.39 is 10.0 Å². The molecule has 5 nitrogen and oxygen atoms in total. The van der Waals surface area contributed by atoms with Crippen molar-refractivity contribution in [1.82, 2.24) is 9.62 Å². The first-order valence-corrected chi connectivity index (χ1v) is 11.5. The molecule has 1 saturated carbocycles. The number of nitrogens with one attached hydrogen (secondary N) is 1. The lowest BCUT2D eigenvalue weighted by atomic mass is 9.98. The van der Waals surface area contributed by atoms with E-state index in [0.717, 1.165) is 37.7 Å². The van der Waals surface area contributed by atoms with Gasteiger partial charge in [0.25, 0.3) is 0 Å². The van der Waals surface area contributed by atoms with E-state index in [1.807, 2.05) is 30.3 Å². The van der Waals surface area contributed by atoms with Crippen molar-refractivity contribution < 1.29 is 13.2 Å². The summed E-state index contributed by atoms with van der Waals surface area (Å²) in [4.78, 5) is 12.5. The van der Waals surface area contributed by atoms with Gasteiger partial charge in [-0.05, 0) is 44.1 Å². The third-order valence-electron chi connectivity index (χ3n) is 5.56. The average Bonchev–Trinajstić information content (AvgIpc) is 3.15. The summed E-state index contributed by atoms with van der Waals surface area (Å²) in [5.41, 5.74) is 1.16. The molecule has 1 heterocycles. The molecule has 2 fully saturated rings. The van der Waals surface area contributed by atoms with Crippen molar-refractivity contribution in [2.24, 2.45) is 5.92 Å². The molecule has 0 spiro atoms. The molecule has 26 heavy (non-hydrogen) atoms. The van der Waals surface area contributed by atoms with Gasteiger partial charge in [0, 0.05) is 19.1 Å². The van der Waals surface area contributed by atoms with Crippen LogP contribution in [0, 0.1) is 5.92 Å². The Hall–Kier alpha value is -1.40. The average molecular weight is 379 g/mol. The van der Waals surface area contributed by atoms with Gasteiger partial charge in [-0.25, -0.2) is 12.7 Å². The Morgan fingerprint density at radius 2 is 1.81 bits per heavy atom. The molecule has 1 N–H and O–H groups in total. The summed E-state index contributed by atoms with van der Waals surface area (Å²) < 4.78 is 26.9. The number of amides is 1. The monoisotopic (exact) mass is 378 g/mol. The van der Waals surface area contributed by atoms with Crippen LogP contribution in [0.2, 0.25) is 0 Å². The Balaban J connectivity index is 1.49. The maximum Gasteiger partial charge on any atom is 0.224 e. The van der Waals surface area contributed by atoms with Gasteiger partial charge in [-0.1, -0.05) is 43.2 Å². The molecule has 1 atom stereocenters. The molecule has 0 aromatic heterocycles. The summed E-state index contributed by atoms with van der Waals surface area (Å²) in [7, 11) is -3.29. The molecule has 3 rings (SSSR count). The van der Waals surface area contributed by atoms with E-state index in [9.17, 15) is 13.2 Å². The fourth-order valence-electron chi connectivity index (χ4n) is 4.03. The minimum absolute atomic E-state index is 0.0427. The number of hydrogen-bond acceptors (Lipinski definition) is 3. The van der Waals surface area contributed by atoms with Crippen molar-refractivity contribution in [3.63, 3.8) is 0 Å². The van der Waals surface area contributed by atoms with Crippen molar-refractivity contribution in [2.45, 2.75) is 57.4 Å². The van der Waals surface area contributed by atoms with Gasteiger partial charge in [-0.3, -0.25) is 4.79 Å². The molecule has 2 aliphatic rings. The van der Waals surface area contributed by atoms with Crippen LogP contribution in [0.15, 0.2) is 30.3 Å². The number of aryl methyl sites for hydroxylation is 1. The topological polar surface area (TPSA) is 66.5 Å². The number of piperidine rings is 1. The lowest BCUT2D eigenvalue weighted by molar-refractivity contribution is -0.126. The van der Waals surface area contributed by atoms with Crippen LogP contribution in [0.1, 0.15) is 50.5 Å². The van der Waals surface area contributed by atoms with Crippen LogP contribution in [0.25, 0.3) is 0 Å². The zero-order valence-corrected chi connectivity index (χ0v) is 16.2. The zero-order valence-electron chi connectivity index (χ0n) is 15.4. The number of carbonyl (C=O) groups is 1. The van der Waals surface area contributed by atoms with Crippen molar-refractivity contribution >= 4 is 15.9 Å². The third-order valence-corrected chi connectivity index (χ3v) is 7.48. The van der Waals surface area contributed by atoms with E-state index in [-0.39, 0.29) is 17.6 Å². The summed E-state index contributed by atoms with van der Waals surface area (Å²) in [6.07, 6.45) is 7.39. The molecular weight excluding hydrogens is 348 g/mol. The highest BCUT2D eigenvalue weighted by Gasteiger charge is 2.33. The predicted octanol–water partition coefficient (Wildman–Crippen LogP) is 2.72. The first kappa shape index (κ1) is 19.4. The van der Waals surface area contributed by atoms with Crippen LogP contribution in [0.3, 0.4) is 0 Å². The molecule has 0 radical (unpaired) electrons. The van der Waals surface area contributed by atoms with Gasteiger partial charge >= 0.3 is 0 Å². The highest BCUT2D eigenvalue weighted by molar-refractivity contribution is 7.89. The standard InChI is InChI=1S/C20H30N2O3S/c23-20(21-19-12-4-5-13-19)18-11-6-14-22(16-18)26(24,25)15-7-10-17-8-2-1-3-9-17/h1-3,8-9,18-19H,4-7,10-16H2,(H,21,23)/t18-/m0/s1. The second-order valence-electron chi connectivity index (χ2n) is 7.59. The van der Waals surface area contributed by atoms with Crippen LogP contribution in [0.4, 0.5) is 0 Å². The van der Waals surface area contributed by atoms with Crippen LogP contribution in [-0.2, 0) is 21.2 Å². The number of hydrogen-bond donors (Lipinski definition) is 1. The van der Waals surface area contributed by atoms with Crippen molar-refractivity contribution in [2.75, 3.05) is 18.8 Å². The Labute approximate surface area is 157 Å². The number of rotatable bonds is 7. The molecule has 144 valence electrons. The van der Waals surface area contributed by atoms with E-state index in [0.29, 0.717) is 25.6 Å². The van der Waals surface area contributed by atoms with E-state index >= 15 is 0 Å². The molecule has 1 aromatic rings. The van der Waals surface area contributed by atoms with E-state index in [2.05, 4.69) is 5.32 Å². The smallest absolute Gasteiger partial charge is 0.224 e. The Kier molecular flexibility index (Phi) is 6.70. The molecule has 0 bridgehead atoms. The fourth-order valence-corrected chi connectivity index (χ4v) is 5.61. The summed E-state index contributed by atoms with van der Waals surface area (Å²) in [5.74, 6) is -0.00638. The summed E-state index contributed by atoms with van der Waals surface area (Å²) in [5, 5.41) is 3.12. The second kappa shape index (κ2) is 9.00. The van der Waals surface area contributed by atoms with Gasteiger partial charge in [0.1, 0.15) is 0 Å². The van der Waals surface area contributed by atoms with Gasteiger partial charge in [0.2, 0.25) is 15.9 Å². The van der Waals surface area contributed by atoms with Crippen LogP contribution >= 0.6 is 0 Å². The maximum absolute atomic E-state index is 12.7. The summed E-state index contributed by atoms with van der Waals surface area (Å²) in [6.45, 7) is 0.882. The lowest BCUT2D eigenvalue weighted by Crippen LogP contribution is -2.47. The molecule has 1 aromatic carbocycles. The highest BCUT2D eigenvalue weighted by atomic mass is 32.2. The van der Waals surface area contributed by atoms with E-state index in [4.69, 9.17) is 0 Å². The summed E-state index contributed by atoms with van der Waals surface area (Å²) >= 11 is 0. The summed E-state index contributed by atoms with van der Waals surface area (Å²) in [6, 6.07) is 10.3. The quantitative estimate of drug-likeness (QED) is 0.793. The van der Waals surface area contributed by atoms with Crippen molar-refractivity contribution in [3.05, 3.63) is 35.9 Å². The van der Waals surface area contributed by atoms with Gasteiger partial charge < -0.3 is 5.32 Å². The zero-order chi connectivity index (χ0) is 18.4. The second-order valence-corrected chi connectivity index (χ2v) is 9.68. The number of sulfonamides is 1. The van der Waals surface area contributed by atoms with E-state index in [1.165, 1.54) is 12.8 Å². The van der Waals surface area contributed by atoms with Crippen LogP contribution in [0.5, 0.6) is 0 Å². The maximum atomic E-state index is 12.7. The van der Waals surface area contributed by atoms with E-state index in [1.54, 1.807) is 4.31 Å². The molecule has 6 heteroatoms. The predicted molar refractivity (Wildman–Crippen MR) is 103 cm³/mol. The molecule has 1 aliphatic carbocycles. The Morgan fingerprint density at radius 3 is 2.54 bits per heavy atom. The molecule has 1 saturated heterocycles.